The van der Waals surface area contributed by atoms with Gasteiger partial charge in [0.15, 0.2) is 6.10 Å². The molecule has 2 amide bonds. The number of carboxylic acid groups (broad SMARTS) is 1. The quantitative estimate of drug-likeness (QED) is 0.587. The van der Waals surface area contributed by atoms with Gasteiger partial charge >= 0.3 is 12.0 Å². The van der Waals surface area contributed by atoms with Crippen LogP contribution in [0.15, 0.2) is 0 Å². The number of nitrogens with one attached hydrogen (secondary N) is 2. The molecular weight excluding hydrogens is 248 g/mol. The minimum atomic E-state index is -1.44. The molecule has 6 nitrogen and oxygen atoms in total. The molecule has 0 spiro atoms. The van der Waals surface area contributed by atoms with Crippen molar-refractivity contribution < 1.29 is 19.8 Å². The molecule has 6 heteroatoms. The molecule has 0 aromatic rings. The van der Waals surface area contributed by atoms with Crippen LogP contribution in [-0.4, -0.2) is 40.4 Å². The SMILES string of the molecule is CC(C)(C)CC(C)(C)NC(=O)NCC[C@H](O)C(=O)O. The molecule has 0 bridgehead atoms. The van der Waals surface area contributed by atoms with Gasteiger partial charge in [-0.15, -0.1) is 0 Å². The monoisotopic (exact) mass is 274 g/mol. The van der Waals surface area contributed by atoms with Crippen molar-refractivity contribution >= 4 is 12.0 Å². The molecule has 1 atom stereocenters. The lowest BCUT2D eigenvalue weighted by molar-refractivity contribution is -0.146. The Morgan fingerprint density at radius 3 is 2.11 bits per heavy atom. The smallest absolute Gasteiger partial charge is 0.332 e. The summed E-state index contributed by atoms with van der Waals surface area (Å²) in [5, 5.41) is 22.9. The van der Waals surface area contributed by atoms with Crippen molar-refractivity contribution in [3.8, 4) is 0 Å². The number of carbonyl (C=O) groups is 2. The summed E-state index contributed by atoms with van der Waals surface area (Å²) in [5.41, 5.74) is -0.260. The molecule has 19 heavy (non-hydrogen) atoms. The topological polar surface area (TPSA) is 98.7 Å². The van der Waals surface area contributed by atoms with Crippen LogP contribution in [0.4, 0.5) is 4.79 Å². The average Bonchev–Trinajstić information content (AvgIpc) is 2.11. The third-order valence-electron chi connectivity index (χ3n) is 2.41. The molecule has 0 aromatic carbocycles. The highest BCUT2D eigenvalue weighted by Gasteiger charge is 2.26. The van der Waals surface area contributed by atoms with Crippen molar-refractivity contribution in [1.82, 2.24) is 10.6 Å². The molecule has 0 heterocycles. The first-order valence-corrected chi connectivity index (χ1v) is 6.40. The summed E-state index contributed by atoms with van der Waals surface area (Å²) in [7, 11) is 0. The van der Waals surface area contributed by atoms with Gasteiger partial charge in [-0.05, 0) is 25.7 Å². The number of urea groups is 1. The van der Waals surface area contributed by atoms with E-state index in [4.69, 9.17) is 10.2 Å². The van der Waals surface area contributed by atoms with Gasteiger partial charge in [-0.25, -0.2) is 9.59 Å². The van der Waals surface area contributed by atoms with Crippen LogP contribution in [0.3, 0.4) is 0 Å². The van der Waals surface area contributed by atoms with E-state index in [0.29, 0.717) is 0 Å². The number of hydrogen-bond acceptors (Lipinski definition) is 3. The summed E-state index contributed by atoms with van der Waals surface area (Å²) in [6.45, 7) is 10.3. The van der Waals surface area contributed by atoms with Crippen LogP contribution in [0.5, 0.6) is 0 Å². The zero-order valence-electron chi connectivity index (χ0n) is 12.4. The van der Waals surface area contributed by atoms with E-state index in [1.807, 2.05) is 13.8 Å². The maximum atomic E-state index is 11.6. The predicted octanol–water partition coefficient (Wildman–Crippen LogP) is 1.34. The first-order valence-electron chi connectivity index (χ1n) is 6.40. The van der Waals surface area contributed by atoms with E-state index in [-0.39, 0.29) is 30.0 Å². The van der Waals surface area contributed by atoms with E-state index in [1.165, 1.54) is 0 Å². The summed E-state index contributed by atoms with van der Waals surface area (Å²) < 4.78 is 0. The Hall–Kier alpha value is -1.30. The summed E-state index contributed by atoms with van der Waals surface area (Å²) in [5.74, 6) is -1.28. The fourth-order valence-electron chi connectivity index (χ4n) is 2.17. The second kappa shape index (κ2) is 6.75. The molecule has 0 saturated heterocycles. The highest BCUT2D eigenvalue weighted by atomic mass is 16.4. The molecule has 0 rings (SSSR count). The second-order valence-corrected chi connectivity index (χ2v) is 6.64. The Balaban J connectivity index is 4.07. The number of carbonyl (C=O) groups excluding carboxylic acids is 1. The summed E-state index contributed by atoms with van der Waals surface area (Å²) in [6, 6.07) is -0.355. The number of amides is 2. The van der Waals surface area contributed by atoms with Gasteiger partial charge in [-0.2, -0.15) is 0 Å². The molecule has 0 radical (unpaired) electrons. The van der Waals surface area contributed by atoms with E-state index >= 15 is 0 Å². The van der Waals surface area contributed by atoms with Gasteiger partial charge in [-0.1, -0.05) is 20.8 Å². The second-order valence-electron chi connectivity index (χ2n) is 6.64. The summed E-state index contributed by atoms with van der Waals surface area (Å²) >= 11 is 0. The molecule has 0 aliphatic rings. The van der Waals surface area contributed by atoms with Gasteiger partial charge in [0.25, 0.3) is 0 Å². The van der Waals surface area contributed by atoms with Crippen LogP contribution >= 0.6 is 0 Å². The van der Waals surface area contributed by atoms with Crippen LogP contribution in [0.2, 0.25) is 0 Å². The molecular formula is C13H26N2O4. The van der Waals surface area contributed by atoms with E-state index in [2.05, 4.69) is 31.4 Å². The zero-order valence-corrected chi connectivity index (χ0v) is 12.4. The first-order chi connectivity index (χ1) is 8.43. The lowest BCUT2D eigenvalue weighted by Gasteiger charge is -2.33. The highest BCUT2D eigenvalue weighted by molar-refractivity contribution is 5.75. The van der Waals surface area contributed by atoms with Crippen molar-refractivity contribution in [3.63, 3.8) is 0 Å². The maximum Gasteiger partial charge on any atom is 0.332 e. The van der Waals surface area contributed by atoms with Gasteiger partial charge in [-0.3, -0.25) is 0 Å². The van der Waals surface area contributed by atoms with Crippen LogP contribution in [0.25, 0.3) is 0 Å². The number of hydrogen-bond donors (Lipinski definition) is 4. The van der Waals surface area contributed by atoms with E-state index < -0.39 is 12.1 Å². The number of aliphatic hydroxyl groups excluding tert-OH is 1. The van der Waals surface area contributed by atoms with Crippen LogP contribution in [0, 0.1) is 5.41 Å². The Labute approximate surface area is 114 Å². The average molecular weight is 274 g/mol. The van der Waals surface area contributed by atoms with E-state index in [1.54, 1.807) is 0 Å². The number of carboxylic acids is 1. The lowest BCUT2D eigenvalue weighted by atomic mass is 9.82. The Bertz CT molecular complexity index is 321. The van der Waals surface area contributed by atoms with Crippen LogP contribution in [0.1, 0.15) is 47.5 Å². The standard InChI is InChI=1S/C13H26N2O4/c1-12(2,3)8-13(4,5)15-11(19)14-7-6-9(16)10(17)18/h9,16H,6-8H2,1-5H3,(H,17,18)(H2,14,15,19)/t9-/m0/s1. The third kappa shape index (κ3) is 9.30. The number of aliphatic hydroxyl groups is 1. The largest absolute Gasteiger partial charge is 0.479 e. The third-order valence-corrected chi connectivity index (χ3v) is 2.41. The fraction of sp³-hybridized carbons (Fsp3) is 0.846. The van der Waals surface area contributed by atoms with Gasteiger partial charge in [0.2, 0.25) is 0 Å². The Morgan fingerprint density at radius 2 is 1.68 bits per heavy atom. The molecule has 4 N–H and O–H groups in total. The molecule has 0 aromatic heterocycles. The normalized spacial score (nSPS) is 13.8. The molecule has 0 unspecified atom stereocenters. The molecule has 0 aliphatic carbocycles. The predicted molar refractivity (Wildman–Crippen MR) is 72.9 cm³/mol. The minimum absolute atomic E-state index is 0.0115. The van der Waals surface area contributed by atoms with Crippen molar-refractivity contribution in [1.29, 1.82) is 0 Å². The number of rotatable bonds is 6. The molecule has 0 aliphatic heterocycles. The number of aliphatic carboxylic acids is 1. The zero-order chi connectivity index (χ0) is 15.3. The van der Waals surface area contributed by atoms with Crippen molar-refractivity contribution in [3.05, 3.63) is 0 Å². The van der Waals surface area contributed by atoms with Gasteiger partial charge in [0.1, 0.15) is 0 Å². The van der Waals surface area contributed by atoms with Crippen LogP contribution in [-0.2, 0) is 4.79 Å². The molecule has 112 valence electrons. The Morgan fingerprint density at radius 1 is 1.16 bits per heavy atom. The fourth-order valence-corrected chi connectivity index (χ4v) is 2.17. The summed E-state index contributed by atoms with van der Waals surface area (Å²) in [4.78, 5) is 22.0. The Kier molecular flexibility index (Phi) is 6.29. The molecule has 0 saturated carbocycles. The van der Waals surface area contributed by atoms with Crippen molar-refractivity contribution in [2.24, 2.45) is 5.41 Å². The maximum absolute atomic E-state index is 11.6. The molecule has 0 fully saturated rings. The van der Waals surface area contributed by atoms with Crippen molar-refractivity contribution in [2.75, 3.05) is 6.54 Å². The summed E-state index contributed by atoms with van der Waals surface area (Å²) in [6.07, 6.45) is -0.643. The van der Waals surface area contributed by atoms with Gasteiger partial charge < -0.3 is 20.8 Å². The minimum Gasteiger partial charge on any atom is -0.479 e. The van der Waals surface area contributed by atoms with Gasteiger partial charge in [0.05, 0.1) is 0 Å². The van der Waals surface area contributed by atoms with Gasteiger partial charge in [0, 0.05) is 18.5 Å². The van der Waals surface area contributed by atoms with E-state index in [0.717, 1.165) is 6.42 Å². The first kappa shape index (κ1) is 17.7. The van der Waals surface area contributed by atoms with Crippen molar-refractivity contribution in [2.45, 2.75) is 59.1 Å². The highest BCUT2D eigenvalue weighted by Crippen LogP contribution is 2.26. The van der Waals surface area contributed by atoms with Crippen LogP contribution < -0.4 is 10.6 Å². The van der Waals surface area contributed by atoms with E-state index in [9.17, 15) is 9.59 Å². The lowest BCUT2D eigenvalue weighted by Crippen LogP contribution is -2.50.